The van der Waals surface area contributed by atoms with E-state index in [0.29, 0.717) is 17.5 Å². The van der Waals surface area contributed by atoms with Gasteiger partial charge in [-0.2, -0.15) is 0 Å². The molecule has 1 saturated carbocycles. The highest BCUT2D eigenvalue weighted by Gasteiger charge is 2.47. The summed E-state index contributed by atoms with van der Waals surface area (Å²) in [4.78, 5) is 31.1. The molecule has 3 aliphatic rings. The second-order valence-corrected chi connectivity index (χ2v) is 12.1. The predicted octanol–water partition coefficient (Wildman–Crippen LogP) is 6.41. The van der Waals surface area contributed by atoms with E-state index in [1.165, 1.54) is 6.42 Å². The number of likely N-dealkylation sites (tertiary alicyclic amines) is 2. The Morgan fingerprint density at radius 2 is 1.70 bits per heavy atom. The van der Waals surface area contributed by atoms with Gasteiger partial charge in [-0.15, -0.1) is 12.4 Å². The lowest BCUT2D eigenvalue weighted by Gasteiger charge is -2.38. The number of halogens is 2. The first-order valence-electron chi connectivity index (χ1n) is 14.7. The van der Waals surface area contributed by atoms with Crippen molar-refractivity contribution < 1.29 is 14.3 Å². The molecule has 5 rings (SSSR count). The molecule has 40 heavy (non-hydrogen) atoms. The first-order valence-corrected chi connectivity index (χ1v) is 15.0. The van der Waals surface area contributed by atoms with Crippen LogP contribution in [0, 0.1) is 11.3 Å². The zero-order valence-electron chi connectivity index (χ0n) is 23.6. The lowest BCUT2D eigenvalue weighted by Crippen LogP contribution is -2.45. The molecule has 2 amide bonds. The number of carbonyl (C=O) groups is 2. The van der Waals surface area contributed by atoms with E-state index in [9.17, 15) is 9.59 Å². The summed E-state index contributed by atoms with van der Waals surface area (Å²) in [7, 11) is 1.67. The van der Waals surface area contributed by atoms with Gasteiger partial charge in [-0.25, -0.2) is 0 Å². The molecule has 2 heterocycles. The summed E-state index contributed by atoms with van der Waals surface area (Å²) in [6.07, 6.45) is 9.03. The van der Waals surface area contributed by atoms with Gasteiger partial charge in [-0.05, 0) is 80.9 Å². The first kappa shape index (κ1) is 30.7. The maximum Gasteiger partial charge on any atom is 0.229 e. The first-order chi connectivity index (χ1) is 19.0. The summed E-state index contributed by atoms with van der Waals surface area (Å²) < 4.78 is 5.26. The van der Waals surface area contributed by atoms with Gasteiger partial charge >= 0.3 is 0 Å². The molecule has 2 saturated heterocycles. The van der Waals surface area contributed by atoms with Crippen LogP contribution < -0.4 is 10.1 Å². The maximum atomic E-state index is 13.5. The molecule has 1 aliphatic carbocycles. The molecular weight excluding hydrogens is 545 g/mol. The number of rotatable bonds is 9. The number of hydrogen-bond donors (Lipinski definition) is 1. The van der Waals surface area contributed by atoms with Crippen LogP contribution in [0.2, 0.25) is 5.02 Å². The molecule has 0 radical (unpaired) electrons. The van der Waals surface area contributed by atoms with E-state index in [1.54, 1.807) is 7.11 Å². The van der Waals surface area contributed by atoms with Crippen LogP contribution in [0.1, 0.15) is 75.0 Å². The van der Waals surface area contributed by atoms with E-state index in [-0.39, 0.29) is 35.7 Å². The van der Waals surface area contributed by atoms with Gasteiger partial charge in [0.1, 0.15) is 5.75 Å². The molecule has 8 heteroatoms. The summed E-state index contributed by atoms with van der Waals surface area (Å²) in [5, 5.41) is 4.06. The van der Waals surface area contributed by atoms with Crippen molar-refractivity contribution in [1.29, 1.82) is 0 Å². The van der Waals surface area contributed by atoms with Gasteiger partial charge in [0.25, 0.3) is 0 Å². The molecule has 3 fully saturated rings. The van der Waals surface area contributed by atoms with Gasteiger partial charge in [-0.3, -0.25) is 9.59 Å². The number of amides is 2. The van der Waals surface area contributed by atoms with Crippen LogP contribution >= 0.6 is 24.0 Å². The Morgan fingerprint density at radius 1 is 1.02 bits per heavy atom. The van der Waals surface area contributed by atoms with Gasteiger partial charge in [0.2, 0.25) is 11.8 Å². The number of piperidine rings is 1. The van der Waals surface area contributed by atoms with Gasteiger partial charge in [0.15, 0.2) is 0 Å². The molecule has 2 aromatic carbocycles. The van der Waals surface area contributed by atoms with Crippen molar-refractivity contribution in [3.05, 3.63) is 64.7 Å². The fourth-order valence-corrected chi connectivity index (χ4v) is 6.96. The Labute approximate surface area is 250 Å². The van der Waals surface area contributed by atoms with Crippen LogP contribution in [0.4, 0.5) is 0 Å². The van der Waals surface area contributed by atoms with E-state index < -0.39 is 0 Å². The van der Waals surface area contributed by atoms with E-state index in [4.69, 9.17) is 16.3 Å². The smallest absolute Gasteiger partial charge is 0.229 e. The van der Waals surface area contributed by atoms with E-state index >= 15 is 0 Å². The number of hydrogen-bond acceptors (Lipinski definition) is 4. The molecule has 0 aromatic heterocycles. The van der Waals surface area contributed by atoms with Crippen molar-refractivity contribution >= 4 is 35.8 Å². The fraction of sp³-hybridized carbons (Fsp3) is 0.562. The van der Waals surface area contributed by atoms with Crippen LogP contribution in [0.15, 0.2) is 48.5 Å². The monoisotopic (exact) mass is 587 g/mol. The molecule has 2 aliphatic heterocycles. The van der Waals surface area contributed by atoms with Gasteiger partial charge in [-0.1, -0.05) is 61.2 Å². The number of methoxy groups -OCH3 is 1. The molecule has 1 unspecified atom stereocenters. The Kier molecular flexibility index (Phi) is 10.8. The average Bonchev–Trinajstić information content (AvgIpc) is 3.27. The fourth-order valence-electron chi connectivity index (χ4n) is 6.69. The highest BCUT2D eigenvalue weighted by molar-refractivity contribution is 6.31. The molecule has 2 aromatic rings. The SMILES string of the molecule is COc1ccc(CN2CCC3(CCN(CCC(NC(=O)C4CCCCC4)c4ccccc4Cl)CC3)C2=O)cc1.Cl. The number of nitrogens with one attached hydrogen (secondary N) is 1. The van der Waals surface area contributed by atoms with E-state index in [2.05, 4.69) is 10.2 Å². The Morgan fingerprint density at radius 3 is 2.38 bits per heavy atom. The molecule has 1 spiro atoms. The quantitative estimate of drug-likeness (QED) is 0.368. The summed E-state index contributed by atoms with van der Waals surface area (Å²) >= 11 is 6.58. The third kappa shape index (κ3) is 7.13. The Bertz CT molecular complexity index is 1130. The third-order valence-corrected chi connectivity index (χ3v) is 9.60. The molecule has 0 bridgehead atoms. The summed E-state index contributed by atoms with van der Waals surface area (Å²) in [6, 6.07) is 15.8. The van der Waals surface area contributed by atoms with Crippen molar-refractivity contribution in [2.24, 2.45) is 11.3 Å². The number of benzene rings is 2. The van der Waals surface area contributed by atoms with E-state index in [1.807, 2.05) is 53.4 Å². The van der Waals surface area contributed by atoms with Crippen LogP contribution in [0.3, 0.4) is 0 Å². The van der Waals surface area contributed by atoms with Crippen LogP contribution in [-0.4, -0.2) is 54.9 Å². The highest BCUT2D eigenvalue weighted by atomic mass is 35.5. The lowest BCUT2D eigenvalue weighted by atomic mass is 9.77. The lowest BCUT2D eigenvalue weighted by molar-refractivity contribution is -0.139. The maximum absolute atomic E-state index is 13.5. The minimum Gasteiger partial charge on any atom is -0.497 e. The highest BCUT2D eigenvalue weighted by Crippen LogP contribution is 2.42. The van der Waals surface area contributed by atoms with Crippen molar-refractivity contribution in [3.63, 3.8) is 0 Å². The van der Waals surface area contributed by atoms with Crippen molar-refractivity contribution in [2.45, 2.75) is 70.4 Å². The summed E-state index contributed by atoms with van der Waals surface area (Å²) in [5.41, 5.74) is 1.91. The predicted molar refractivity (Wildman–Crippen MR) is 162 cm³/mol. The van der Waals surface area contributed by atoms with Crippen LogP contribution in [0.25, 0.3) is 0 Å². The minimum atomic E-state index is -0.222. The standard InChI is InChI=1S/C32H42ClN3O3.ClH/c1-39-26-13-11-24(12-14-26)23-36-22-18-32(31(36)38)16-20-35(21-17-32)19-15-29(27-9-5-6-10-28(27)33)34-30(37)25-7-3-2-4-8-25;/h5-6,9-14,25,29H,2-4,7-8,15-23H2,1H3,(H,34,37);1H. The van der Waals surface area contributed by atoms with E-state index in [0.717, 1.165) is 94.4 Å². The van der Waals surface area contributed by atoms with Gasteiger partial charge in [0.05, 0.1) is 18.6 Å². The molecule has 1 N–H and O–H groups in total. The Balaban J connectivity index is 0.00000370. The third-order valence-electron chi connectivity index (χ3n) is 9.25. The second kappa shape index (κ2) is 14.1. The largest absolute Gasteiger partial charge is 0.497 e. The second-order valence-electron chi connectivity index (χ2n) is 11.7. The normalized spacial score (nSPS) is 20.2. The Hall–Kier alpha value is -2.28. The summed E-state index contributed by atoms with van der Waals surface area (Å²) in [6.45, 7) is 4.18. The van der Waals surface area contributed by atoms with Crippen LogP contribution in [0.5, 0.6) is 5.75 Å². The number of carbonyl (C=O) groups excluding carboxylic acids is 2. The minimum absolute atomic E-state index is 0. The number of ether oxygens (including phenoxy) is 1. The molecule has 1 atom stereocenters. The zero-order valence-corrected chi connectivity index (χ0v) is 25.2. The van der Waals surface area contributed by atoms with Crippen LogP contribution in [-0.2, 0) is 16.1 Å². The number of nitrogens with zero attached hydrogens (tertiary/aromatic N) is 2. The molecular formula is C32H43Cl2N3O3. The van der Waals surface area contributed by atoms with Crippen molar-refractivity contribution in [2.75, 3.05) is 33.3 Å². The van der Waals surface area contributed by atoms with Crippen molar-refractivity contribution in [3.8, 4) is 5.75 Å². The molecule has 218 valence electrons. The average molecular weight is 589 g/mol. The topological polar surface area (TPSA) is 61.9 Å². The summed E-state index contributed by atoms with van der Waals surface area (Å²) in [5.74, 6) is 1.44. The zero-order chi connectivity index (χ0) is 27.2. The van der Waals surface area contributed by atoms with Crippen molar-refractivity contribution in [1.82, 2.24) is 15.1 Å². The van der Waals surface area contributed by atoms with Gasteiger partial charge in [0, 0.05) is 30.6 Å². The molecule has 6 nitrogen and oxygen atoms in total. The van der Waals surface area contributed by atoms with Gasteiger partial charge < -0.3 is 19.9 Å².